The van der Waals surface area contributed by atoms with E-state index < -0.39 is 0 Å². The number of amides is 1. The normalized spacial score (nSPS) is 16.2. The van der Waals surface area contributed by atoms with Crippen LogP contribution in [-0.2, 0) is 18.3 Å². The maximum atomic E-state index is 12.4. The van der Waals surface area contributed by atoms with Crippen LogP contribution >= 0.6 is 11.3 Å². The SMILES string of the molecule is Cc1ccsc1CCC(=O)N1CCC(c2cncn2C)CC1. The molecule has 4 nitrogen and oxygen atoms in total. The lowest BCUT2D eigenvalue weighted by Gasteiger charge is -2.32. The predicted molar refractivity (Wildman–Crippen MR) is 89.1 cm³/mol. The van der Waals surface area contributed by atoms with Crippen LogP contribution in [0.25, 0.3) is 0 Å². The zero-order valence-corrected chi connectivity index (χ0v) is 14.1. The maximum absolute atomic E-state index is 12.4. The molecule has 0 saturated carbocycles. The summed E-state index contributed by atoms with van der Waals surface area (Å²) >= 11 is 1.76. The molecule has 0 radical (unpaired) electrons. The van der Waals surface area contributed by atoms with E-state index in [1.807, 2.05) is 24.5 Å². The summed E-state index contributed by atoms with van der Waals surface area (Å²) in [6, 6.07) is 2.13. The highest BCUT2D eigenvalue weighted by Gasteiger charge is 2.25. The third-order valence-electron chi connectivity index (χ3n) is 4.65. The molecular formula is C17H23N3OS. The number of hydrogen-bond acceptors (Lipinski definition) is 3. The van der Waals surface area contributed by atoms with Crippen molar-refractivity contribution < 1.29 is 4.79 Å². The van der Waals surface area contributed by atoms with E-state index in [1.54, 1.807) is 11.3 Å². The predicted octanol–water partition coefficient (Wildman–Crippen LogP) is 3.13. The van der Waals surface area contributed by atoms with E-state index in [4.69, 9.17) is 0 Å². The van der Waals surface area contributed by atoms with E-state index in [9.17, 15) is 4.79 Å². The van der Waals surface area contributed by atoms with Crippen LogP contribution in [0.2, 0.25) is 0 Å². The summed E-state index contributed by atoms with van der Waals surface area (Å²) in [7, 11) is 2.04. The molecule has 2 aromatic rings. The van der Waals surface area contributed by atoms with Crippen molar-refractivity contribution in [2.45, 2.75) is 38.5 Å². The Labute approximate surface area is 135 Å². The lowest BCUT2D eigenvalue weighted by molar-refractivity contribution is -0.132. The van der Waals surface area contributed by atoms with Gasteiger partial charge in [0.05, 0.1) is 6.33 Å². The fraction of sp³-hybridized carbons (Fsp3) is 0.529. The number of hydrogen-bond donors (Lipinski definition) is 0. The van der Waals surface area contributed by atoms with Gasteiger partial charge >= 0.3 is 0 Å². The molecule has 1 aliphatic heterocycles. The number of piperidine rings is 1. The second-order valence-corrected chi connectivity index (χ2v) is 7.11. The van der Waals surface area contributed by atoms with E-state index in [0.717, 1.165) is 32.4 Å². The Hall–Kier alpha value is -1.62. The Balaban J connectivity index is 1.50. The molecular weight excluding hydrogens is 294 g/mol. The minimum absolute atomic E-state index is 0.302. The molecule has 0 unspecified atom stereocenters. The van der Waals surface area contributed by atoms with Gasteiger partial charge in [0.1, 0.15) is 0 Å². The molecule has 3 heterocycles. The summed E-state index contributed by atoms with van der Waals surface area (Å²) in [5, 5.41) is 2.11. The number of likely N-dealkylation sites (tertiary alicyclic amines) is 1. The van der Waals surface area contributed by atoms with Crippen molar-refractivity contribution in [1.29, 1.82) is 0 Å². The van der Waals surface area contributed by atoms with Gasteiger partial charge in [-0.25, -0.2) is 4.98 Å². The van der Waals surface area contributed by atoms with Crippen LogP contribution in [-0.4, -0.2) is 33.4 Å². The van der Waals surface area contributed by atoms with E-state index in [-0.39, 0.29) is 0 Å². The molecule has 3 rings (SSSR count). The number of thiophene rings is 1. The highest BCUT2D eigenvalue weighted by atomic mass is 32.1. The second-order valence-electron chi connectivity index (χ2n) is 6.11. The van der Waals surface area contributed by atoms with Crippen molar-refractivity contribution >= 4 is 17.2 Å². The Kier molecular flexibility index (Phi) is 4.62. The van der Waals surface area contributed by atoms with Gasteiger partial charge in [0.25, 0.3) is 0 Å². The van der Waals surface area contributed by atoms with Gasteiger partial charge in [0.2, 0.25) is 5.91 Å². The molecule has 0 spiro atoms. The molecule has 22 heavy (non-hydrogen) atoms. The first-order chi connectivity index (χ1) is 10.6. The van der Waals surface area contributed by atoms with Crippen molar-refractivity contribution in [2.75, 3.05) is 13.1 Å². The molecule has 1 fully saturated rings. The maximum Gasteiger partial charge on any atom is 0.222 e. The summed E-state index contributed by atoms with van der Waals surface area (Å²) < 4.78 is 2.10. The first kappa shape index (κ1) is 15.3. The lowest BCUT2D eigenvalue weighted by Crippen LogP contribution is -2.38. The van der Waals surface area contributed by atoms with Crippen molar-refractivity contribution in [2.24, 2.45) is 7.05 Å². The largest absolute Gasteiger partial charge is 0.343 e. The third kappa shape index (κ3) is 3.24. The van der Waals surface area contributed by atoms with Crippen LogP contribution in [0, 0.1) is 6.92 Å². The molecule has 1 aliphatic rings. The van der Waals surface area contributed by atoms with Gasteiger partial charge in [-0.1, -0.05) is 0 Å². The van der Waals surface area contributed by atoms with Crippen molar-refractivity contribution in [1.82, 2.24) is 14.5 Å². The molecule has 2 aromatic heterocycles. The number of aryl methyl sites for hydroxylation is 3. The summed E-state index contributed by atoms with van der Waals surface area (Å²) in [5.74, 6) is 0.840. The summed E-state index contributed by atoms with van der Waals surface area (Å²) in [4.78, 5) is 20.0. The van der Waals surface area contributed by atoms with Gasteiger partial charge in [-0.2, -0.15) is 0 Å². The van der Waals surface area contributed by atoms with Crippen LogP contribution < -0.4 is 0 Å². The van der Waals surface area contributed by atoms with Crippen LogP contribution in [0.5, 0.6) is 0 Å². The van der Waals surface area contributed by atoms with E-state index >= 15 is 0 Å². The molecule has 0 atom stereocenters. The van der Waals surface area contributed by atoms with Crippen molar-refractivity contribution in [3.8, 4) is 0 Å². The van der Waals surface area contributed by atoms with Crippen molar-refractivity contribution in [3.63, 3.8) is 0 Å². The summed E-state index contributed by atoms with van der Waals surface area (Å²) in [5.41, 5.74) is 2.61. The number of carbonyl (C=O) groups is 1. The molecule has 0 aliphatic carbocycles. The number of imidazole rings is 1. The molecule has 118 valence electrons. The smallest absolute Gasteiger partial charge is 0.222 e. The Bertz CT molecular complexity index is 638. The standard InChI is InChI=1S/C17H23N3OS/c1-13-7-10-22-16(13)3-4-17(21)20-8-5-14(6-9-20)15-11-18-12-19(15)2/h7,10-12,14H,3-6,8-9H2,1-2H3. The van der Waals surface area contributed by atoms with E-state index in [0.29, 0.717) is 18.2 Å². The molecule has 0 aromatic carbocycles. The second kappa shape index (κ2) is 6.65. The Morgan fingerprint density at radius 1 is 1.41 bits per heavy atom. The van der Waals surface area contributed by atoms with Crippen LogP contribution in [0.4, 0.5) is 0 Å². The Morgan fingerprint density at radius 2 is 2.18 bits per heavy atom. The highest BCUT2D eigenvalue weighted by molar-refractivity contribution is 7.10. The van der Waals surface area contributed by atoms with Gasteiger partial charge in [-0.3, -0.25) is 4.79 Å². The van der Waals surface area contributed by atoms with Gasteiger partial charge in [-0.05, 0) is 43.2 Å². The molecule has 0 N–H and O–H groups in total. The molecule has 1 saturated heterocycles. The Morgan fingerprint density at radius 3 is 2.77 bits per heavy atom. The topological polar surface area (TPSA) is 38.1 Å². The average Bonchev–Trinajstić information content (AvgIpc) is 3.13. The first-order valence-corrected chi connectivity index (χ1v) is 8.80. The average molecular weight is 317 g/mol. The van der Waals surface area contributed by atoms with Gasteiger partial charge in [0.15, 0.2) is 0 Å². The van der Waals surface area contributed by atoms with Gasteiger partial charge in [-0.15, -0.1) is 11.3 Å². The fourth-order valence-corrected chi connectivity index (χ4v) is 4.13. The first-order valence-electron chi connectivity index (χ1n) is 7.92. The number of aromatic nitrogens is 2. The zero-order chi connectivity index (χ0) is 15.5. The van der Waals surface area contributed by atoms with E-state index in [1.165, 1.54) is 16.1 Å². The van der Waals surface area contributed by atoms with E-state index in [2.05, 4.69) is 27.9 Å². The minimum atomic E-state index is 0.302. The van der Waals surface area contributed by atoms with Gasteiger partial charge < -0.3 is 9.47 Å². The van der Waals surface area contributed by atoms with Crippen molar-refractivity contribution in [3.05, 3.63) is 40.1 Å². The fourth-order valence-electron chi connectivity index (χ4n) is 3.22. The van der Waals surface area contributed by atoms with Crippen LogP contribution in [0.15, 0.2) is 24.0 Å². The number of rotatable bonds is 4. The van der Waals surface area contributed by atoms with Crippen LogP contribution in [0.1, 0.15) is 41.3 Å². The number of carbonyl (C=O) groups excluding carboxylic acids is 1. The van der Waals surface area contributed by atoms with Crippen LogP contribution in [0.3, 0.4) is 0 Å². The molecule has 0 bridgehead atoms. The zero-order valence-electron chi connectivity index (χ0n) is 13.3. The number of nitrogens with zero attached hydrogens (tertiary/aromatic N) is 3. The lowest BCUT2D eigenvalue weighted by atomic mass is 9.93. The molecule has 1 amide bonds. The minimum Gasteiger partial charge on any atom is -0.343 e. The summed E-state index contributed by atoms with van der Waals surface area (Å²) in [6.45, 7) is 3.87. The third-order valence-corrected chi connectivity index (χ3v) is 5.74. The highest BCUT2D eigenvalue weighted by Crippen LogP contribution is 2.28. The molecule has 5 heteroatoms. The quantitative estimate of drug-likeness (QED) is 0.869. The monoisotopic (exact) mass is 317 g/mol. The van der Waals surface area contributed by atoms with Gasteiger partial charge in [0, 0.05) is 49.2 Å². The summed E-state index contributed by atoms with van der Waals surface area (Å²) in [6.07, 6.45) is 7.42.